The summed E-state index contributed by atoms with van der Waals surface area (Å²) in [4.78, 5) is 12.8. The first-order valence-corrected chi connectivity index (χ1v) is 9.50. The van der Waals surface area contributed by atoms with Crippen molar-refractivity contribution in [3.8, 4) is 22.8 Å². The van der Waals surface area contributed by atoms with Gasteiger partial charge in [-0.05, 0) is 61.9 Å². The normalized spacial score (nSPS) is 11.7. The van der Waals surface area contributed by atoms with Crippen molar-refractivity contribution < 1.29 is 23.8 Å². The zero-order valence-electron chi connectivity index (χ0n) is 16.8. The highest BCUT2D eigenvalue weighted by Crippen LogP contribution is 2.32. The standard InChI is InChI=1S/C23H25NO5/c1-4-15(2)28-18-7-5-6-17(12-18)23(26)24-20-13-16(8-10-22(20)27-3)21-11-9-19(14-25)29-21/h5-13,15,25H,4,14H2,1-3H3,(H,24,26)/t15-/m1/s1. The number of ether oxygens (including phenoxy) is 2. The highest BCUT2D eigenvalue weighted by molar-refractivity contribution is 6.05. The number of carbonyl (C=O) groups excluding carboxylic acids is 1. The van der Waals surface area contributed by atoms with Gasteiger partial charge in [0.2, 0.25) is 0 Å². The number of benzene rings is 2. The third-order valence-electron chi connectivity index (χ3n) is 4.56. The molecule has 152 valence electrons. The molecule has 29 heavy (non-hydrogen) atoms. The topological polar surface area (TPSA) is 80.9 Å². The number of furan rings is 1. The van der Waals surface area contributed by atoms with Crippen molar-refractivity contribution in [1.82, 2.24) is 0 Å². The summed E-state index contributed by atoms with van der Waals surface area (Å²) in [6.07, 6.45) is 0.952. The lowest BCUT2D eigenvalue weighted by atomic mass is 10.1. The van der Waals surface area contributed by atoms with Gasteiger partial charge in [-0.3, -0.25) is 4.79 Å². The number of aliphatic hydroxyl groups excluding tert-OH is 1. The average molecular weight is 395 g/mol. The van der Waals surface area contributed by atoms with Crippen LogP contribution < -0.4 is 14.8 Å². The Kier molecular flexibility index (Phi) is 6.57. The Hall–Kier alpha value is -3.25. The van der Waals surface area contributed by atoms with Crippen molar-refractivity contribution in [2.75, 3.05) is 12.4 Å². The van der Waals surface area contributed by atoms with Crippen LogP contribution in [-0.2, 0) is 6.61 Å². The molecule has 0 radical (unpaired) electrons. The van der Waals surface area contributed by atoms with Crippen LogP contribution in [0, 0.1) is 0 Å². The number of nitrogens with one attached hydrogen (secondary N) is 1. The molecule has 0 unspecified atom stereocenters. The smallest absolute Gasteiger partial charge is 0.255 e. The predicted molar refractivity (Wildman–Crippen MR) is 111 cm³/mol. The van der Waals surface area contributed by atoms with E-state index in [1.54, 1.807) is 49.6 Å². The zero-order chi connectivity index (χ0) is 20.8. The van der Waals surface area contributed by atoms with Gasteiger partial charge in [-0.2, -0.15) is 0 Å². The molecule has 0 aliphatic heterocycles. The van der Waals surface area contributed by atoms with Crippen molar-refractivity contribution in [3.05, 3.63) is 65.9 Å². The number of carbonyl (C=O) groups is 1. The van der Waals surface area contributed by atoms with Crippen molar-refractivity contribution in [2.45, 2.75) is 33.0 Å². The van der Waals surface area contributed by atoms with E-state index in [1.807, 2.05) is 26.0 Å². The van der Waals surface area contributed by atoms with E-state index in [1.165, 1.54) is 0 Å². The molecule has 0 aliphatic carbocycles. The van der Waals surface area contributed by atoms with Crippen LogP contribution in [0.25, 0.3) is 11.3 Å². The molecule has 1 amide bonds. The average Bonchev–Trinajstić information content (AvgIpc) is 3.23. The molecular weight excluding hydrogens is 370 g/mol. The van der Waals surface area contributed by atoms with Crippen molar-refractivity contribution in [3.63, 3.8) is 0 Å². The van der Waals surface area contributed by atoms with Gasteiger partial charge in [0.25, 0.3) is 5.91 Å². The lowest BCUT2D eigenvalue weighted by Gasteiger charge is -2.14. The van der Waals surface area contributed by atoms with Gasteiger partial charge >= 0.3 is 0 Å². The maximum absolute atomic E-state index is 12.8. The predicted octanol–water partition coefficient (Wildman–Crippen LogP) is 4.88. The molecule has 0 spiro atoms. The third-order valence-corrected chi connectivity index (χ3v) is 4.56. The fourth-order valence-electron chi connectivity index (χ4n) is 2.80. The van der Waals surface area contributed by atoms with Gasteiger partial charge < -0.3 is 24.3 Å². The first kappa shape index (κ1) is 20.5. The Labute approximate surface area is 170 Å². The molecule has 0 bridgehead atoms. The summed E-state index contributed by atoms with van der Waals surface area (Å²) in [7, 11) is 1.54. The van der Waals surface area contributed by atoms with Crippen LogP contribution in [0.1, 0.15) is 36.4 Å². The number of hydrogen-bond donors (Lipinski definition) is 2. The highest BCUT2D eigenvalue weighted by atomic mass is 16.5. The molecule has 2 aromatic carbocycles. The Morgan fingerprint density at radius 2 is 2.00 bits per heavy atom. The van der Waals surface area contributed by atoms with Gasteiger partial charge in [0.1, 0.15) is 29.6 Å². The Morgan fingerprint density at radius 1 is 1.17 bits per heavy atom. The summed E-state index contributed by atoms with van der Waals surface area (Å²) in [5, 5.41) is 12.1. The van der Waals surface area contributed by atoms with Gasteiger partial charge in [0.05, 0.1) is 18.9 Å². The van der Waals surface area contributed by atoms with Crippen LogP contribution in [0.5, 0.6) is 11.5 Å². The molecule has 0 saturated carbocycles. The molecule has 0 fully saturated rings. The van der Waals surface area contributed by atoms with Gasteiger partial charge in [-0.15, -0.1) is 0 Å². The van der Waals surface area contributed by atoms with Crippen LogP contribution in [0.15, 0.2) is 59.0 Å². The second kappa shape index (κ2) is 9.30. The summed E-state index contributed by atoms with van der Waals surface area (Å²) in [6.45, 7) is 3.86. The second-order valence-electron chi connectivity index (χ2n) is 6.66. The minimum absolute atomic E-state index is 0.0715. The minimum atomic E-state index is -0.273. The molecule has 3 rings (SSSR count). The molecular formula is C23H25NO5. The van der Waals surface area contributed by atoms with Crippen LogP contribution in [-0.4, -0.2) is 24.2 Å². The van der Waals surface area contributed by atoms with Crippen LogP contribution >= 0.6 is 0 Å². The minimum Gasteiger partial charge on any atom is -0.495 e. The Morgan fingerprint density at radius 3 is 2.69 bits per heavy atom. The van der Waals surface area contributed by atoms with E-state index >= 15 is 0 Å². The summed E-state index contributed by atoms with van der Waals surface area (Å²) in [5.74, 6) is 1.98. The van der Waals surface area contributed by atoms with E-state index in [0.717, 1.165) is 12.0 Å². The number of methoxy groups -OCH3 is 1. The van der Waals surface area contributed by atoms with Gasteiger partial charge in [-0.1, -0.05) is 13.0 Å². The number of aliphatic hydroxyl groups is 1. The summed E-state index contributed by atoms with van der Waals surface area (Å²) in [6, 6.07) is 15.9. The fraction of sp³-hybridized carbons (Fsp3) is 0.261. The van der Waals surface area contributed by atoms with E-state index in [9.17, 15) is 9.90 Å². The lowest BCUT2D eigenvalue weighted by molar-refractivity contribution is 0.102. The van der Waals surface area contributed by atoms with E-state index in [2.05, 4.69) is 5.32 Å². The van der Waals surface area contributed by atoms with E-state index in [4.69, 9.17) is 13.9 Å². The van der Waals surface area contributed by atoms with Crippen LogP contribution in [0.4, 0.5) is 5.69 Å². The van der Waals surface area contributed by atoms with Gasteiger partial charge in [-0.25, -0.2) is 0 Å². The molecule has 6 heteroatoms. The molecule has 0 saturated heterocycles. The molecule has 1 atom stereocenters. The van der Waals surface area contributed by atoms with Crippen molar-refractivity contribution >= 4 is 11.6 Å². The van der Waals surface area contributed by atoms with Gasteiger partial charge in [0, 0.05) is 11.1 Å². The number of rotatable bonds is 8. The number of amides is 1. The summed E-state index contributed by atoms with van der Waals surface area (Å²) >= 11 is 0. The van der Waals surface area contributed by atoms with Crippen LogP contribution in [0.2, 0.25) is 0 Å². The van der Waals surface area contributed by atoms with Crippen molar-refractivity contribution in [2.24, 2.45) is 0 Å². The first-order valence-electron chi connectivity index (χ1n) is 9.50. The molecule has 3 aromatic rings. The molecule has 6 nitrogen and oxygen atoms in total. The second-order valence-corrected chi connectivity index (χ2v) is 6.66. The Balaban J connectivity index is 1.84. The molecule has 2 N–H and O–H groups in total. The molecule has 1 heterocycles. The molecule has 0 aliphatic rings. The monoisotopic (exact) mass is 395 g/mol. The number of anilines is 1. The summed E-state index contributed by atoms with van der Waals surface area (Å²) in [5.41, 5.74) is 1.76. The van der Waals surface area contributed by atoms with E-state index in [0.29, 0.717) is 34.3 Å². The van der Waals surface area contributed by atoms with E-state index < -0.39 is 0 Å². The lowest BCUT2D eigenvalue weighted by Crippen LogP contribution is -2.14. The highest BCUT2D eigenvalue weighted by Gasteiger charge is 2.14. The Bertz CT molecular complexity index is 979. The largest absolute Gasteiger partial charge is 0.495 e. The maximum Gasteiger partial charge on any atom is 0.255 e. The quantitative estimate of drug-likeness (QED) is 0.568. The van der Waals surface area contributed by atoms with Gasteiger partial charge in [0.15, 0.2) is 0 Å². The zero-order valence-corrected chi connectivity index (χ0v) is 16.8. The van der Waals surface area contributed by atoms with Crippen molar-refractivity contribution in [1.29, 1.82) is 0 Å². The number of hydrogen-bond acceptors (Lipinski definition) is 5. The van der Waals surface area contributed by atoms with E-state index in [-0.39, 0.29) is 18.6 Å². The maximum atomic E-state index is 12.8. The van der Waals surface area contributed by atoms with Crippen LogP contribution in [0.3, 0.4) is 0 Å². The summed E-state index contributed by atoms with van der Waals surface area (Å²) < 4.78 is 16.8. The third kappa shape index (κ3) is 4.97. The molecule has 1 aromatic heterocycles. The first-order chi connectivity index (χ1) is 14.0. The SMILES string of the molecule is CC[C@@H](C)Oc1cccc(C(=O)Nc2cc(-c3ccc(CO)o3)ccc2OC)c1. The fourth-order valence-corrected chi connectivity index (χ4v) is 2.80.